The molecule has 0 saturated heterocycles. The Kier molecular flexibility index (Phi) is 7.43. The van der Waals surface area contributed by atoms with Crippen LogP contribution in [0.5, 0.6) is 0 Å². The second-order valence-corrected chi connectivity index (χ2v) is 9.25. The first-order valence-corrected chi connectivity index (χ1v) is 12.1. The summed E-state index contributed by atoms with van der Waals surface area (Å²) in [6.07, 6.45) is 7.91. The van der Waals surface area contributed by atoms with Crippen molar-refractivity contribution in [1.29, 1.82) is 0 Å². The lowest BCUT2D eigenvalue weighted by Crippen LogP contribution is -2.41. The third-order valence-corrected chi connectivity index (χ3v) is 7.03. The number of thiophene rings is 1. The molecule has 2 aromatic rings. The van der Waals surface area contributed by atoms with Gasteiger partial charge in [-0.15, -0.1) is 0 Å². The van der Waals surface area contributed by atoms with Gasteiger partial charge in [-0.3, -0.25) is 4.79 Å². The molecule has 1 aliphatic heterocycles. The Labute approximate surface area is 188 Å². The number of carbonyl (C=O) groups excluding carboxylic acids is 1. The molecule has 0 spiro atoms. The van der Waals surface area contributed by atoms with E-state index in [1.54, 1.807) is 11.3 Å². The fourth-order valence-electron chi connectivity index (χ4n) is 4.37. The molecule has 1 saturated carbocycles. The summed E-state index contributed by atoms with van der Waals surface area (Å²) in [6.45, 7) is 0.423. The van der Waals surface area contributed by atoms with Gasteiger partial charge in [-0.25, -0.2) is 0 Å². The van der Waals surface area contributed by atoms with Crippen molar-refractivity contribution in [1.82, 2.24) is 4.90 Å². The van der Waals surface area contributed by atoms with Gasteiger partial charge in [0.25, 0.3) is 5.91 Å². The average molecular weight is 442 g/mol. The van der Waals surface area contributed by atoms with Crippen molar-refractivity contribution in [2.45, 2.75) is 70.0 Å². The van der Waals surface area contributed by atoms with E-state index in [2.05, 4.69) is 16.8 Å². The maximum Gasteiger partial charge on any atom is 0.288 e. The third kappa shape index (κ3) is 5.56. The Bertz CT molecular complexity index is 871. The van der Waals surface area contributed by atoms with E-state index >= 15 is 0 Å². The van der Waals surface area contributed by atoms with Crippen LogP contribution in [-0.2, 0) is 27.5 Å². The minimum absolute atomic E-state index is 0.0278. The lowest BCUT2D eigenvalue weighted by molar-refractivity contribution is -0.156. The number of ether oxygens (including phenoxy) is 2. The molecule has 4 rings (SSSR count). The lowest BCUT2D eigenvalue weighted by atomic mass is 9.93. The number of allylic oxidation sites excluding steroid dienone is 1. The van der Waals surface area contributed by atoms with Gasteiger partial charge >= 0.3 is 0 Å². The zero-order valence-electron chi connectivity index (χ0n) is 18.0. The third-order valence-electron chi connectivity index (χ3n) is 6.32. The molecule has 2 atom stereocenters. The molecular weight excluding hydrogens is 410 g/mol. The first-order valence-electron chi connectivity index (χ1n) is 11.1. The minimum Gasteiger partial charge on any atom is -0.459 e. The zero-order chi connectivity index (χ0) is 21.6. The molecule has 1 aromatic heterocycles. The van der Waals surface area contributed by atoms with Crippen molar-refractivity contribution in [2.24, 2.45) is 0 Å². The number of rotatable bonds is 7. The van der Waals surface area contributed by atoms with Crippen LogP contribution in [0.15, 0.2) is 52.9 Å². The molecule has 0 bridgehead atoms. The van der Waals surface area contributed by atoms with Crippen LogP contribution in [-0.4, -0.2) is 35.3 Å². The summed E-state index contributed by atoms with van der Waals surface area (Å²) in [5.41, 5.74) is 3.08. The smallest absolute Gasteiger partial charge is 0.288 e. The van der Waals surface area contributed by atoms with Crippen molar-refractivity contribution in [3.8, 4) is 0 Å². The summed E-state index contributed by atoms with van der Waals surface area (Å²) in [5.74, 6) is 0.448. The van der Waals surface area contributed by atoms with E-state index in [0.717, 1.165) is 24.0 Å². The lowest BCUT2D eigenvalue weighted by Gasteiger charge is -2.34. The van der Waals surface area contributed by atoms with Gasteiger partial charge in [-0.2, -0.15) is 11.3 Å². The molecule has 1 N–H and O–H groups in total. The Hall–Kier alpha value is -2.15. The summed E-state index contributed by atoms with van der Waals surface area (Å²) < 4.78 is 12.1. The first kappa shape index (κ1) is 22.1. The van der Waals surface area contributed by atoms with Crippen molar-refractivity contribution in [2.75, 3.05) is 7.05 Å². The van der Waals surface area contributed by atoms with Crippen molar-refractivity contribution in [3.05, 3.63) is 69.6 Å². The molecule has 166 valence electrons. The molecule has 2 heterocycles. The second kappa shape index (κ2) is 10.4. The molecule has 2 aliphatic rings. The molecule has 0 unspecified atom stereocenters. The summed E-state index contributed by atoms with van der Waals surface area (Å²) >= 11 is 1.66. The number of hydrogen-bond acceptors (Lipinski definition) is 5. The molecule has 0 radical (unpaired) electrons. The van der Waals surface area contributed by atoms with Crippen LogP contribution in [0.1, 0.15) is 61.1 Å². The van der Waals surface area contributed by atoms with Crippen molar-refractivity contribution in [3.63, 3.8) is 0 Å². The Balaban J connectivity index is 1.46. The fraction of sp³-hybridized carbons (Fsp3) is 0.480. The molecular formula is C25H31NO4S. The predicted molar refractivity (Wildman–Crippen MR) is 121 cm³/mol. The van der Waals surface area contributed by atoms with E-state index in [1.807, 2.05) is 42.3 Å². The van der Waals surface area contributed by atoms with Crippen LogP contribution < -0.4 is 0 Å². The highest BCUT2D eigenvalue weighted by molar-refractivity contribution is 7.08. The second-order valence-electron chi connectivity index (χ2n) is 8.47. The molecule has 1 fully saturated rings. The number of benzene rings is 1. The van der Waals surface area contributed by atoms with Crippen LogP contribution in [0.2, 0.25) is 0 Å². The number of nitrogens with zero attached hydrogens (tertiary/aromatic N) is 1. The Morgan fingerprint density at radius 2 is 1.90 bits per heavy atom. The van der Waals surface area contributed by atoms with E-state index < -0.39 is 6.29 Å². The quantitative estimate of drug-likeness (QED) is 0.660. The first-order chi connectivity index (χ1) is 15.1. The van der Waals surface area contributed by atoms with E-state index in [-0.39, 0.29) is 24.5 Å². The molecule has 1 aromatic carbocycles. The van der Waals surface area contributed by atoms with Gasteiger partial charge in [-0.05, 0) is 52.4 Å². The van der Waals surface area contributed by atoms with Crippen molar-refractivity contribution >= 4 is 17.2 Å². The van der Waals surface area contributed by atoms with Gasteiger partial charge in [0.15, 0.2) is 5.76 Å². The molecule has 31 heavy (non-hydrogen) atoms. The minimum atomic E-state index is -0.480. The monoisotopic (exact) mass is 441 g/mol. The SMILES string of the molecule is CN(C(=O)C1=C[C@H](c2ccsc2)C[C@H](OCc2ccc(CO)cc2)O1)C1CCCCC1. The highest BCUT2D eigenvalue weighted by Gasteiger charge is 2.32. The normalized spacial score (nSPS) is 21.9. The van der Waals surface area contributed by atoms with Gasteiger partial charge in [-0.1, -0.05) is 43.5 Å². The highest BCUT2D eigenvalue weighted by atomic mass is 32.1. The van der Waals surface area contributed by atoms with Crippen molar-refractivity contribution < 1.29 is 19.4 Å². The van der Waals surface area contributed by atoms with Gasteiger partial charge in [0, 0.05) is 25.4 Å². The molecule has 1 aliphatic carbocycles. The average Bonchev–Trinajstić information content (AvgIpc) is 3.38. The molecule has 5 nitrogen and oxygen atoms in total. The van der Waals surface area contributed by atoms with Gasteiger partial charge in [0.1, 0.15) is 0 Å². The summed E-state index contributed by atoms with van der Waals surface area (Å²) in [6, 6.07) is 10.1. The Morgan fingerprint density at radius 1 is 1.16 bits per heavy atom. The van der Waals surface area contributed by atoms with E-state index in [4.69, 9.17) is 9.47 Å². The summed E-state index contributed by atoms with van der Waals surface area (Å²) in [7, 11) is 1.90. The van der Waals surface area contributed by atoms with E-state index in [0.29, 0.717) is 18.8 Å². The number of carbonyl (C=O) groups is 1. The molecule has 6 heteroatoms. The van der Waals surface area contributed by atoms with Gasteiger partial charge in [0.05, 0.1) is 13.2 Å². The van der Waals surface area contributed by atoms with Crippen LogP contribution in [0.3, 0.4) is 0 Å². The van der Waals surface area contributed by atoms with E-state index in [9.17, 15) is 9.90 Å². The topological polar surface area (TPSA) is 59.0 Å². The number of likely N-dealkylation sites (N-methyl/N-ethyl adjacent to an activating group) is 1. The van der Waals surface area contributed by atoms with Crippen LogP contribution >= 0.6 is 11.3 Å². The zero-order valence-corrected chi connectivity index (χ0v) is 18.9. The number of aliphatic hydroxyl groups is 1. The summed E-state index contributed by atoms with van der Waals surface area (Å²) in [5, 5.41) is 13.4. The maximum atomic E-state index is 13.3. The number of aliphatic hydroxyl groups excluding tert-OH is 1. The van der Waals surface area contributed by atoms with Crippen LogP contribution in [0.4, 0.5) is 0 Å². The number of hydrogen-bond donors (Lipinski definition) is 1. The van der Waals surface area contributed by atoms with Gasteiger partial charge < -0.3 is 19.5 Å². The highest BCUT2D eigenvalue weighted by Crippen LogP contribution is 2.34. The predicted octanol–water partition coefficient (Wildman–Crippen LogP) is 4.96. The largest absolute Gasteiger partial charge is 0.459 e. The summed E-state index contributed by atoms with van der Waals surface area (Å²) in [4.78, 5) is 15.1. The van der Waals surface area contributed by atoms with Gasteiger partial charge in [0.2, 0.25) is 6.29 Å². The van der Waals surface area contributed by atoms with E-state index in [1.165, 1.54) is 24.8 Å². The van der Waals surface area contributed by atoms with Crippen LogP contribution in [0.25, 0.3) is 0 Å². The van der Waals surface area contributed by atoms with Crippen LogP contribution in [0, 0.1) is 0 Å². The maximum absolute atomic E-state index is 13.3. The number of amides is 1. The Morgan fingerprint density at radius 3 is 2.58 bits per heavy atom. The fourth-order valence-corrected chi connectivity index (χ4v) is 5.09. The molecule has 1 amide bonds. The standard InChI is InChI=1S/C25H31NO4S/c1-26(22-5-3-2-4-6-22)25(28)23-13-21(20-11-12-31-17-20)14-24(30-23)29-16-19-9-7-18(15-27)8-10-19/h7-13,17,21-22,24,27H,2-6,14-16H2,1H3/t21-,24+/m0/s1.